The Morgan fingerprint density at radius 3 is 2.75 bits per heavy atom. The summed E-state index contributed by atoms with van der Waals surface area (Å²) >= 11 is 5.94. The zero-order valence-electron chi connectivity index (χ0n) is 10.4. The number of pyridine rings is 1. The monoisotopic (exact) mass is 240 g/mol. The van der Waals surface area contributed by atoms with Crippen LogP contribution in [0.15, 0.2) is 18.5 Å². The molecule has 1 rings (SSSR count). The van der Waals surface area contributed by atoms with Gasteiger partial charge in [-0.15, -0.1) is 11.6 Å². The zero-order valence-corrected chi connectivity index (χ0v) is 11.2. The van der Waals surface area contributed by atoms with Crippen LogP contribution < -0.4 is 4.90 Å². The molecule has 2 nitrogen and oxygen atoms in total. The molecule has 0 radical (unpaired) electrons. The van der Waals surface area contributed by atoms with Gasteiger partial charge in [-0.05, 0) is 18.9 Å². The molecule has 0 saturated carbocycles. The number of alkyl halides is 1. The van der Waals surface area contributed by atoms with Crippen LogP contribution in [-0.2, 0) is 5.88 Å². The lowest BCUT2D eigenvalue weighted by atomic mass is 10.1. The van der Waals surface area contributed by atoms with E-state index < -0.39 is 0 Å². The smallest absolute Gasteiger partial charge is 0.0509 e. The van der Waals surface area contributed by atoms with E-state index in [9.17, 15) is 0 Å². The number of hydrogen-bond donors (Lipinski definition) is 0. The van der Waals surface area contributed by atoms with Crippen molar-refractivity contribution in [3.05, 3.63) is 24.0 Å². The Hall–Kier alpha value is -0.760. The van der Waals surface area contributed by atoms with Crippen LogP contribution in [0.5, 0.6) is 0 Å². The van der Waals surface area contributed by atoms with Crippen LogP contribution in [0.2, 0.25) is 0 Å². The summed E-state index contributed by atoms with van der Waals surface area (Å²) in [6.45, 7) is 8.79. The van der Waals surface area contributed by atoms with Gasteiger partial charge >= 0.3 is 0 Å². The summed E-state index contributed by atoms with van der Waals surface area (Å²) in [7, 11) is 0. The van der Waals surface area contributed by atoms with Crippen LogP contribution in [0.25, 0.3) is 0 Å². The molecule has 0 saturated heterocycles. The average Bonchev–Trinajstić information content (AvgIpc) is 2.35. The highest BCUT2D eigenvalue weighted by Crippen LogP contribution is 2.22. The molecule has 0 aliphatic heterocycles. The molecule has 0 aromatic carbocycles. The first-order valence-corrected chi connectivity index (χ1v) is 6.50. The minimum atomic E-state index is 0.528. The van der Waals surface area contributed by atoms with Crippen molar-refractivity contribution in [3.63, 3.8) is 0 Å². The molecule has 1 heterocycles. The fourth-order valence-electron chi connectivity index (χ4n) is 1.73. The summed E-state index contributed by atoms with van der Waals surface area (Å²) in [5.74, 6) is 1.23. The Labute approximate surface area is 104 Å². The van der Waals surface area contributed by atoms with Crippen molar-refractivity contribution >= 4 is 17.3 Å². The van der Waals surface area contributed by atoms with Crippen molar-refractivity contribution in [2.75, 3.05) is 18.0 Å². The van der Waals surface area contributed by atoms with E-state index in [-0.39, 0.29) is 0 Å². The maximum Gasteiger partial charge on any atom is 0.0509 e. The van der Waals surface area contributed by atoms with E-state index >= 15 is 0 Å². The van der Waals surface area contributed by atoms with Crippen molar-refractivity contribution in [1.82, 2.24) is 4.98 Å². The molecule has 0 N–H and O–H groups in total. The Bertz CT molecular complexity index is 315. The van der Waals surface area contributed by atoms with E-state index in [1.54, 1.807) is 0 Å². The van der Waals surface area contributed by atoms with Crippen molar-refractivity contribution in [2.45, 2.75) is 33.1 Å². The van der Waals surface area contributed by atoms with Gasteiger partial charge in [-0.2, -0.15) is 0 Å². The van der Waals surface area contributed by atoms with Gasteiger partial charge in [0.2, 0.25) is 0 Å². The molecule has 1 unspecified atom stereocenters. The molecule has 1 atom stereocenters. The summed E-state index contributed by atoms with van der Waals surface area (Å²) in [6, 6.07) is 2.06. The summed E-state index contributed by atoms with van der Waals surface area (Å²) in [4.78, 5) is 6.50. The largest absolute Gasteiger partial charge is 0.371 e. The molecule has 16 heavy (non-hydrogen) atoms. The molecule has 1 aromatic rings. The first-order chi connectivity index (χ1) is 7.72. The first kappa shape index (κ1) is 13.3. The molecule has 90 valence electrons. The maximum absolute atomic E-state index is 5.94. The highest BCUT2D eigenvalue weighted by atomic mass is 35.5. The van der Waals surface area contributed by atoms with Gasteiger partial charge in [0.15, 0.2) is 0 Å². The Morgan fingerprint density at radius 2 is 2.19 bits per heavy atom. The number of aromatic nitrogens is 1. The third kappa shape index (κ3) is 3.38. The Kier molecular flexibility index (Phi) is 5.61. The highest BCUT2D eigenvalue weighted by molar-refractivity contribution is 6.17. The first-order valence-electron chi connectivity index (χ1n) is 5.96. The fraction of sp³-hybridized carbons (Fsp3) is 0.615. The van der Waals surface area contributed by atoms with Crippen LogP contribution in [0.4, 0.5) is 5.69 Å². The van der Waals surface area contributed by atoms with Gasteiger partial charge in [-0.1, -0.05) is 20.3 Å². The van der Waals surface area contributed by atoms with Crippen molar-refractivity contribution in [3.8, 4) is 0 Å². The number of nitrogens with zero attached hydrogens (tertiary/aromatic N) is 2. The summed E-state index contributed by atoms with van der Waals surface area (Å²) in [6.07, 6.45) is 4.91. The van der Waals surface area contributed by atoms with Crippen molar-refractivity contribution in [2.24, 2.45) is 5.92 Å². The number of hydrogen-bond acceptors (Lipinski definition) is 2. The molecular formula is C13H21ClN2. The third-order valence-electron chi connectivity index (χ3n) is 2.97. The third-order valence-corrected chi connectivity index (χ3v) is 3.26. The van der Waals surface area contributed by atoms with E-state index in [1.807, 2.05) is 12.4 Å². The molecule has 1 aromatic heterocycles. The van der Waals surface area contributed by atoms with Crippen LogP contribution in [0.1, 0.15) is 32.8 Å². The second kappa shape index (κ2) is 6.74. The minimum Gasteiger partial charge on any atom is -0.371 e. The van der Waals surface area contributed by atoms with E-state index in [4.69, 9.17) is 11.6 Å². The predicted molar refractivity (Wildman–Crippen MR) is 71.1 cm³/mol. The molecule has 0 bridgehead atoms. The second-order valence-electron chi connectivity index (χ2n) is 4.19. The molecule has 0 amide bonds. The second-order valence-corrected chi connectivity index (χ2v) is 4.46. The molecule has 3 heteroatoms. The van der Waals surface area contributed by atoms with E-state index in [0.29, 0.717) is 11.8 Å². The predicted octanol–water partition coefficient (Wildman–Crippen LogP) is 3.69. The van der Waals surface area contributed by atoms with Gasteiger partial charge in [0, 0.05) is 36.7 Å². The number of rotatable bonds is 6. The summed E-state index contributed by atoms with van der Waals surface area (Å²) in [5.41, 5.74) is 2.35. The summed E-state index contributed by atoms with van der Waals surface area (Å²) < 4.78 is 0. The molecular weight excluding hydrogens is 220 g/mol. The Morgan fingerprint density at radius 1 is 1.44 bits per heavy atom. The Balaban J connectivity index is 2.85. The van der Waals surface area contributed by atoms with Gasteiger partial charge in [-0.3, -0.25) is 4.98 Å². The van der Waals surface area contributed by atoms with Crippen LogP contribution in [0.3, 0.4) is 0 Å². The van der Waals surface area contributed by atoms with Crippen LogP contribution >= 0.6 is 11.6 Å². The van der Waals surface area contributed by atoms with E-state index in [1.165, 1.54) is 12.1 Å². The molecule has 0 fully saturated rings. The summed E-state index contributed by atoms with van der Waals surface area (Å²) in [5, 5.41) is 0. The van der Waals surface area contributed by atoms with Crippen molar-refractivity contribution in [1.29, 1.82) is 0 Å². The van der Waals surface area contributed by atoms with E-state index in [2.05, 4.69) is 36.7 Å². The fourth-order valence-corrected chi connectivity index (χ4v) is 1.94. The highest BCUT2D eigenvalue weighted by Gasteiger charge is 2.11. The normalized spacial score (nSPS) is 12.5. The zero-order chi connectivity index (χ0) is 12.0. The topological polar surface area (TPSA) is 16.1 Å². The average molecular weight is 241 g/mol. The quantitative estimate of drug-likeness (QED) is 0.705. The number of anilines is 1. The van der Waals surface area contributed by atoms with Crippen LogP contribution in [0, 0.1) is 5.92 Å². The lowest BCUT2D eigenvalue weighted by Gasteiger charge is -2.27. The maximum atomic E-state index is 5.94. The van der Waals surface area contributed by atoms with Gasteiger partial charge < -0.3 is 4.90 Å². The van der Waals surface area contributed by atoms with Crippen molar-refractivity contribution < 1.29 is 0 Å². The SMILES string of the molecule is CCC(C)CN(CC)c1ccncc1CCl. The van der Waals surface area contributed by atoms with Gasteiger partial charge in [0.05, 0.1) is 5.88 Å². The van der Waals surface area contributed by atoms with Gasteiger partial charge in [-0.25, -0.2) is 0 Å². The standard InChI is InChI=1S/C13H21ClN2/c1-4-11(3)10-16(5-2)13-6-7-15-9-12(13)8-14/h6-7,9,11H,4-5,8,10H2,1-3H3. The van der Waals surface area contributed by atoms with E-state index in [0.717, 1.165) is 18.7 Å². The number of halogens is 1. The minimum absolute atomic E-state index is 0.528. The lowest BCUT2D eigenvalue weighted by Crippen LogP contribution is -2.28. The molecule has 0 aliphatic carbocycles. The van der Waals surface area contributed by atoms with Crippen LogP contribution in [-0.4, -0.2) is 18.1 Å². The van der Waals surface area contributed by atoms with Gasteiger partial charge in [0.25, 0.3) is 0 Å². The van der Waals surface area contributed by atoms with Gasteiger partial charge in [0.1, 0.15) is 0 Å². The lowest BCUT2D eigenvalue weighted by molar-refractivity contribution is 0.547. The molecule has 0 spiro atoms. The molecule has 0 aliphatic rings.